The number of phosphoric acid groups is 1. The first-order chi connectivity index (χ1) is 40.9. The lowest BCUT2D eigenvalue weighted by Crippen LogP contribution is -2.47. The summed E-state index contributed by atoms with van der Waals surface area (Å²) >= 11 is 0. The van der Waals surface area contributed by atoms with Crippen molar-refractivity contribution in [3.8, 4) is 0 Å². The third kappa shape index (κ3) is 63.7. The number of likely N-dealkylation sites (N-methyl/N-ethyl adjacent to an activating group) is 1. The molecule has 3 unspecified atom stereocenters. The van der Waals surface area contributed by atoms with E-state index in [1.165, 1.54) is 186 Å². The van der Waals surface area contributed by atoms with Crippen LogP contribution in [0.4, 0.5) is 0 Å². The van der Waals surface area contributed by atoms with Gasteiger partial charge in [-0.2, -0.15) is 0 Å². The third-order valence-electron chi connectivity index (χ3n) is 15.6. The van der Waals surface area contributed by atoms with E-state index in [0.29, 0.717) is 23.9 Å². The molecule has 1 amide bonds. The van der Waals surface area contributed by atoms with Gasteiger partial charge in [-0.1, -0.05) is 286 Å². The quantitative estimate of drug-likeness (QED) is 0.0205. The van der Waals surface area contributed by atoms with Crippen molar-refractivity contribution in [1.29, 1.82) is 0 Å². The summed E-state index contributed by atoms with van der Waals surface area (Å²) in [4.78, 5) is 37.9. The first-order valence-electron chi connectivity index (χ1n) is 35.4. The minimum Gasteiger partial charge on any atom is -0.456 e. The van der Waals surface area contributed by atoms with Crippen LogP contribution in [0.15, 0.2) is 85.1 Å². The van der Waals surface area contributed by atoms with E-state index in [9.17, 15) is 19.0 Å². The Morgan fingerprint density at radius 3 is 1.11 bits per heavy atom. The van der Waals surface area contributed by atoms with E-state index in [2.05, 4.69) is 99.0 Å². The molecule has 3 atom stereocenters. The summed E-state index contributed by atoms with van der Waals surface area (Å²) < 4.78 is 30.8. The Bertz CT molecular complexity index is 1710. The molecule has 2 N–H and O–H groups in total. The molecule has 488 valence electrons. The summed E-state index contributed by atoms with van der Waals surface area (Å²) in [5, 5.41) is 3.07. The maximum atomic E-state index is 13.6. The number of unbranched alkanes of at least 4 members (excludes halogenated alkanes) is 36. The number of carbonyl (C=O) groups is 2. The second kappa shape index (κ2) is 63.2. The molecule has 0 aliphatic carbocycles. The molecule has 0 bridgehead atoms. The van der Waals surface area contributed by atoms with E-state index < -0.39 is 20.0 Å². The van der Waals surface area contributed by atoms with Crippen LogP contribution in [0, 0.1) is 0 Å². The van der Waals surface area contributed by atoms with E-state index >= 15 is 0 Å². The number of quaternary nitrogens is 1. The van der Waals surface area contributed by atoms with E-state index in [1.807, 2.05) is 33.3 Å². The molecule has 10 heteroatoms. The van der Waals surface area contributed by atoms with E-state index in [1.54, 1.807) is 0 Å². The normalized spacial score (nSPS) is 14.0. The summed E-state index contributed by atoms with van der Waals surface area (Å²) in [6.07, 6.45) is 84.5. The van der Waals surface area contributed by atoms with E-state index in [-0.39, 0.29) is 31.5 Å². The van der Waals surface area contributed by atoms with Crippen molar-refractivity contribution in [3.63, 3.8) is 0 Å². The van der Waals surface area contributed by atoms with Gasteiger partial charge in [0.15, 0.2) is 0 Å². The average Bonchev–Trinajstić information content (AvgIpc) is 3.65. The highest BCUT2D eigenvalue weighted by atomic mass is 31.2. The van der Waals surface area contributed by atoms with Crippen LogP contribution in [-0.4, -0.2) is 74.3 Å². The van der Waals surface area contributed by atoms with Crippen molar-refractivity contribution in [2.24, 2.45) is 0 Å². The lowest BCUT2D eigenvalue weighted by atomic mass is 10.0. The Kier molecular flexibility index (Phi) is 61.1. The fourth-order valence-corrected chi connectivity index (χ4v) is 10.8. The topological polar surface area (TPSA) is 111 Å². The van der Waals surface area contributed by atoms with Crippen LogP contribution in [0.1, 0.15) is 323 Å². The van der Waals surface area contributed by atoms with Crippen molar-refractivity contribution < 1.29 is 37.3 Å². The number of nitrogens with one attached hydrogen (secondary N) is 1. The molecule has 84 heavy (non-hydrogen) atoms. The zero-order valence-electron chi connectivity index (χ0n) is 55.9. The van der Waals surface area contributed by atoms with Gasteiger partial charge in [0.05, 0.1) is 33.8 Å². The maximum absolute atomic E-state index is 13.6. The molecule has 0 saturated carbocycles. The predicted octanol–water partition coefficient (Wildman–Crippen LogP) is 22.5. The van der Waals surface area contributed by atoms with Gasteiger partial charge < -0.3 is 19.4 Å². The highest BCUT2D eigenvalue weighted by Gasteiger charge is 2.30. The molecule has 0 spiro atoms. The first kappa shape index (κ1) is 81.2. The number of carbonyl (C=O) groups excluding carboxylic acids is 2. The van der Waals surface area contributed by atoms with Crippen molar-refractivity contribution in [1.82, 2.24) is 5.32 Å². The van der Waals surface area contributed by atoms with Crippen LogP contribution < -0.4 is 5.32 Å². The molecular formula is C74H136N2O7P+. The monoisotopic (exact) mass is 1200 g/mol. The molecule has 0 aromatic heterocycles. The molecule has 0 radical (unpaired) electrons. The lowest BCUT2D eigenvalue weighted by molar-refractivity contribution is -0.870. The molecule has 9 nitrogen and oxygen atoms in total. The van der Waals surface area contributed by atoms with Crippen molar-refractivity contribution in [3.05, 3.63) is 85.1 Å². The number of amides is 1. The van der Waals surface area contributed by atoms with Crippen LogP contribution in [-0.2, 0) is 27.9 Å². The average molecular weight is 1200 g/mol. The summed E-state index contributed by atoms with van der Waals surface area (Å²) in [6, 6.07) is -0.860. The van der Waals surface area contributed by atoms with Gasteiger partial charge in [-0.05, 0) is 109 Å². The number of phosphoric ester groups is 1. The van der Waals surface area contributed by atoms with Crippen LogP contribution in [0.3, 0.4) is 0 Å². The van der Waals surface area contributed by atoms with Gasteiger partial charge >= 0.3 is 13.8 Å². The maximum Gasteiger partial charge on any atom is 0.472 e. The number of esters is 1. The number of allylic oxidation sites excluding steroid dienone is 13. The summed E-state index contributed by atoms with van der Waals surface area (Å²) in [6.45, 7) is 6.97. The standard InChI is InChI=1S/C74H135N2O7P/c1-7-10-13-16-19-22-25-28-30-32-34-36-37-38-39-41-42-44-46-48-51-54-57-60-63-66-73(77)75-71(70-82-84(79,80)81-69-68-76(4,5)6)72(65-62-59-56-53-50-27-24-21-18-15-12-9-3)83-74(78)67-64-61-58-55-52-49-47-45-43-40-35-33-31-29-26-23-20-17-14-11-8-2/h19-20,22-23,28-31,35,40,45,47,62,65,71-72H,7-18,21,24-27,32-34,36-39,41-44,46,48-61,63-64,66-70H2,1-6H3,(H-,75,77,79,80)/p+1/b22-19-,23-20-,30-28-,31-29-,40-35-,47-45-,65-62-. The van der Waals surface area contributed by atoms with Crippen molar-refractivity contribution >= 4 is 19.7 Å². The molecule has 0 heterocycles. The Hall–Kier alpha value is -2.81. The molecule has 0 aromatic rings. The Morgan fingerprint density at radius 1 is 0.417 bits per heavy atom. The molecule has 0 aliphatic rings. The van der Waals surface area contributed by atoms with Crippen LogP contribution >= 0.6 is 7.82 Å². The van der Waals surface area contributed by atoms with Gasteiger partial charge in [-0.15, -0.1) is 0 Å². The fraction of sp³-hybridized carbons (Fsp3) is 0.784. The lowest BCUT2D eigenvalue weighted by Gasteiger charge is -2.27. The van der Waals surface area contributed by atoms with Crippen LogP contribution in [0.25, 0.3) is 0 Å². The molecule has 0 aromatic carbocycles. The third-order valence-corrected chi connectivity index (χ3v) is 16.5. The Balaban J connectivity index is 5.10. The van der Waals surface area contributed by atoms with Gasteiger partial charge in [0.2, 0.25) is 5.91 Å². The largest absolute Gasteiger partial charge is 0.472 e. The molecule has 0 fully saturated rings. The minimum atomic E-state index is -4.46. The molecular weight excluding hydrogens is 1060 g/mol. The van der Waals surface area contributed by atoms with E-state index in [4.69, 9.17) is 13.8 Å². The van der Waals surface area contributed by atoms with Crippen molar-refractivity contribution in [2.45, 2.75) is 335 Å². The number of rotatable bonds is 64. The summed E-state index contributed by atoms with van der Waals surface area (Å²) in [5.74, 6) is -0.519. The van der Waals surface area contributed by atoms with Gasteiger partial charge in [-0.25, -0.2) is 4.57 Å². The second-order valence-electron chi connectivity index (χ2n) is 25.0. The highest BCUT2D eigenvalue weighted by molar-refractivity contribution is 7.47. The fourth-order valence-electron chi connectivity index (χ4n) is 10.1. The summed E-state index contributed by atoms with van der Waals surface area (Å²) in [5.41, 5.74) is 0. The predicted molar refractivity (Wildman–Crippen MR) is 364 cm³/mol. The van der Waals surface area contributed by atoms with Crippen LogP contribution in [0.2, 0.25) is 0 Å². The zero-order valence-corrected chi connectivity index (χ0v) is 56.8. The van der Waals surface area contributed by atoms with Gasteiger partial charge in [0, 0.05) is 12.8 Å². The molecule has 0 saturated heterocycles. The number of hydrogen-bond acceptors (Lipinski definition) is 6. The smallest absolute Gasteiger partial charge is 0.456 e. The van der Waals surface area contributed by atoms with Crippen LogP contribution in [0.5, 0.6) is 0 Å². The van der Waals surface area contributed by atoms with E-state index in [0.717, 1.165) is 96.3 Å². The highest BCUT2D eigenvalue weighted by Crippen LogP contribution is 2.43. The SMILES string of the molecule is CCCCC/C=C\C/C=C\C/C=C\C/C=C\CCCCCCCC(=O)OC(/C=C\CCCCCCCCCCCC)C(COP(=O)(O)OCC[N+](C)(C)C)NC(=O)CCCCCCCCCCCCCCCCC/C=C\C/C=C\CCCCC. The number of ether oxygens (including phenoxy) is 1. The zero-order chi connectivity index (χ0) is 61.4. The number of nitrogens with zero attached hydrogens (tertiary/aromatic N) is 1. The van der Waals surface area contributed by atoms with Gasteiger partial charge in [-0.3, -0.25) is 18.6 Å². The minimum absolute atomic E-state index is 0.0347. The molecule has 0 aliphatic heterocycles. The number of hydrogen-bond donors (Lipinski definition) is 2. The first-order valence-corrected chi connectivity index (χ1v) is 36.9. The Labute approximate surface area is 520 Å². The Morgan fingerprint density at radius 2 is 0.726 bits per heavy atom. The molecule has 0 rings (SSSR count). The second-order valence-corrected chi connectivity index (χ2v) is 26.5. The van der Waals surface area contributed by atoms with Gasteiger partial charge in [0.1, 0.15) is 19.3 Å². The summed E-state index contributed by atoms with van der Waals surface area (Å²) in [7, 11) is 1.48. The van der Waals surface area contributed by atoms with Crippen molar-refractivity contribution in [2.75, 3.05) is 40.9 Å². The van der Waals surface area contributed by atoms with Gasteiger partial charge in [0.25, 0.3) is 0 Å².